The van der Waals surface area contributed by atoms with E-state index >= 15 is 0 Å². The predicted octanol–water partition coefficient (Wildman–Crippen LogP) is 1.71. The SMILES string of the molecule is Cc1nnc(SC[C@@H](C)N)s1.Cl. The molecule has 0 saturated carbocycles. The van der Waals surface area contributed by atoms with Gasteiger partial charge in [-0.25, -0.2) is 0 Å². The first-order chi connectivity index (χ1) is 5.18. The number of hydrogen-bond donors (Lipinski definition) is 1. The number of aryl methyl sites for hydroxylation is 1. The second kappa shape index (κ2) is 5.75. The largest absolute Gasteiger partial charge is 0.327 e. The van der Waals surface area contributed by atoms with Gasteiger partial charge in [-0.3, -0.25) is 0 Å². The van der Waals surface area contributed by atoms with Crippen LogP contribution < -0.4 is 5.73 Å². The first-order valence-electron chi connectivity index (χ1n) is 3.37. The van der Waals surface area contributed by atoms with E-state index in [0.29, 0.717) is 0 Å². The van der Waals surface area contributed by atoms with E-state index in [2.05, 4.69) is 10.2 Å². The van der Waals surface area contributed by atoms with Gasteiger partial charge in [0.05, 0.1) is 0 Å². The summed E-state index contributed by atoms with van der Waals surface area (Å²) in [5, 5.41) is 8.88. The number of nitrogens with two attached hydrogens (primary N) is 1. The molecule has 0 aliphatic carbocycles. The zero-order valence-corrected chi connectivity index (χ0v) is 9.43. The van der Waals surface area contributed by atoms with Crippen molar-refractivity contribution in [3.05, 3.63) is 5.01 Å². The Morgan fingerprint density at radius 2 is 2.25 bits per heavy atom. The number of hydrogen-bond acceptors (Lipinski definition) is 5. The highest BCUT2D eigenvalue weighted by Crippen LogP contribution is 2.21. The summed E-state index contributed by atoms with van der Waals surface area (Å²) in [5.41, 5.74) is 5.58. The monoisotopic (exact) mass is 225 g/mol. The van der Waals surface area contributed by atoms with Gasteiger partial charge in [-0.05, 0) is 13.8 Å². The zero-order valence-electron chi connectivity index (χ0n) is 6.98. The molecule has 1 heterocycles. The molecule has 0 bridgehead atoms. The Balaban J connectivity index is 0.00000121. The summed E-state index contributed by atoms with van der Waals surface area (Å²) >= 11 is 3.28. The van der Waals surface area contributed by atoms with Crippen molar-refractivity contribution in [2.45, 2.75) is 24.2 Å². The maximum Gasteiger partial charge on any atom is 0.174 e. The van der Waals surface area contributed by atoms with Crippen molar-refractivity contribution < 1.29 is 0 Å². The Labute approximate surface area is 86.6 Å². The van der Waals surface area contributed by atoms with Crippen LogP contribution in [-0.4, -0.2) is 22.0 Å². The van der Waals surface area contributed by atoms with Crippen LogP contribution in [0, 0.1) is 6.92 Å². The molecule has 12 heavy (non-hydrogen) atoms. The molecule has 6 heteroatoms. The van der Waals surface area contributed by atoms with Gasteiger partial charge < -0.3 is 5.73 Å². The maximum atomic E-state index is 5.58. The number of nitrogens with zero attached hydrogens (tertiary/aromatic N) is 2. The van der Waals surface area contributed by atoms with Gasteiger partial charge in [0.15, 0.2) is 4.34 Å². The fourth-order valence-corrected chi connectivity index (χ4v) is 2.26. The summed E-state index contributed by atoms with van der Waals surface area (Å²) in [6.45, 7) is 3.94. The van der Waals surface area contributed by atoms with Gasteiger partial charge in [0, 0.05) is 11.8 Å². The Hall–Kier alpha value is 0.160. The average Bonchev–Trinajstić information content (AvgIpc) is 2.31. The van der Waals surface area contributed by atoms with Crippen LogP contribution in [0.1, 0.15) is 11.9 Å². The fraction of sp³-hybridized carbons (Fsp3) is 0.667. The third-order valence-electron chi connectivity index (χ3n) is 0.977. The molecule has 0 fully saturated rings. The molecule has 1 atom stereocenters. The Morgan fingerprint density at radius 1 is 1.58 bits per heavy atom. The van der Waals surface area contributed by atoms with Crippen molar-refractivity contribution in [1.82, 2.24) is 10.2 Å². The third kappa shape index (κ3) is 4.25. The molecular weight excluding hydrogens is 214 g/mol. The van der Waals surface area contributed by atoms with Crippen LogP contribution in [0.2, 0.25) is 0 Å². The van der Waals surface area contributed by atoms with E-state index in [9.17, 15) is 0 Å². The zero-order chi connectivity index (χ0) is 8.27. The molecule has 0 aliphatic rings. The van der Waals surface area contributed by atoms with Crippen molar-refractivity contribution in [2.24, 2.45) is 5.73 Å². The summed E-state index contributed by atoms with van der Waals surface area (Å²) in [6, 6.07) is 0.226. The molecule has 70 valence electrons. The van der Waals surface area contributed by atoms with Crippen LogP contribution in [0.3, 0.4) is 0 Å². The molecule has 1 rings (SSSR count). The smallest absolute Gasteiger partial charge is 0.174 e. The Bertz CT molecular complexity index is 226. The highest BCUT2D eigenvalue weighted by atomic mass is 35.5. The fourth-order valence-electron chi connectivity index (χ4n) is 0.539. The molecule has 3 nitrogen and oxygen atoms in total. The highest BCUT2D eigenvalue weighted by molar-refractivity contribution is 8.01. The molecule has 0 aromatic carbocycles. The van der Waals surface area contributed by atoms with E-state index in [4.69, 9.17) is 5.73 Å². The molecule has 0 amide bonds. The quantitative estimate of drug-likeness (QED) is 0.796. The lowest BCUT2D eigenvalue weighted by Crippen LogP contribution is -2.17. The van der Waals surface area contributed by atoms with Crippen LogP contribution in [0.4, 0.5) is 0 Å². The van der Waals surface area contributed by atoms with Crippen LogP contribution in [-0.2, 0) is 0 Å². The number of thioether (sulfide) groups is 1. The molecule has 0 aliphatic heterocycles. The van der Waals surface area contributed by atoms with Gasteiger partial charge in [-0.2, -0.15) is 0 Å². The van der Waals surface area contributed by atoms with E-state index < -0.39 is 0 Å². The molecular formula is C6H12ClN3S2. The van der Waals surface area contributed by atoms with Gasteiger partial charge in [-0.1, -0.05) is 23.1 Å². The van der Waals surface area contributed by atoms with Gasteiger partial charge in [0.2, 0.25) is 0 Å². The average molecular weight is 226 g/mol. The molecule has 0 radical (unpaired) electrons. The van der Waals surface area contributed by atoms with Gasteiger partial charge in [0.1, 0.15) is 5.01 Å². The van der Waals surface area contributed by atoms with Crippen molar-refractivity contribution >= 4 is 35.5 Å². The van der Waals surface area contributed by atoms with Crippen molar-refractivity contribution in [1.29, 1.82) is 0 Å². The molecule has 0 spiro atoms. The van der Waals surface area contributed by atoms with Gasteiger partial charge in [-0.15, -0.1) is 22.6 Å². The summed E-state index contributed by atoms with van der Waals surface area (Å²) < 4.78 is 1.01. The van der Waals surface area contributed by atoms with Crippen LogP contribution >= 0.6 is 35.5 Å². The molecule has 1 aromatic heterocycles. The first-order valence-corrected chi connectivity index (χ1v) is 5.17. The van der Waals surface area contributed by atoms with Crippen LogP contribution in [0.15, 0.2) is 4.34 Å². The minimum Gasteiger partial charge on any atom is -0.327 e. The number of aromatic nitrogens is 2. The summed E-state index contributed by atoms with van der Waals surface area (Å²) in [7, 11) is 0. The number of rotatable bonds is 3. The maximum absolute atomic E-state index is 5.58. The topological polar surface area (TPSA) is 51.8 Å². The summed E-state index contributed by atoms with van der Waals surface area (Å²) in [6.07, 6.45) is 0. The second-order valence-electron chi connectivity index (χ2n) is 2.38. The van der Waals surface area contributed by atoms with Crippen LogP contribution in [0.25, 0.3) is 0 Å². The van der Waals surface area contributed by atoms with Crippen molar-refractivity contribution in [3.63, 3.8) is 0 Å². The Morgan fingerprint density at radius 3 is 2.67 bits per heavy atom. The number of halogens is 1. The lowest BCUT2D eigenvalue weighted by atomic mass is 10.4. The molecule has 1 aromatic rings. The highest BCUT2D eigenvalue weighted by Gasteiger charge is 2.01. The van der Waals surface area contributed by atoms with E-state index in [0.717, 1.165) is 15.1 Å². The molecule has 0 saturated heterocycles. The lowest BCUT2D eigenvalue weighted by Gasteiger charge is -1.99. The molecule has 2 N–H and O–H groups in total. The molecule has 0 unspecified atom stereocenters. The van der Waals surface area contributed by atoms with E-state index in [-0.39, 0.29) is 18.4 Å². The van der Waals surface area contributed by atoms with Gasteiger partial charge in [0.25, 0.3) is 0 Å². The standard InChI is InChI=1S/C6H11N3S2.ClH/c1-4(7)3-10-6-9-8-5(2)11-6;/h4H,3,7H2,1-2H3;1H/t4-;/m1./s1. The normalized spacial score (nSPS) is 12.2. The minimum atomic E-state index is 0. The van der Waals surface area contributed by atoms with E-state index in [1.54, 1.807) is 23.1 Å². The van der Waals surface area contributed by atoms with Crippen LogP contribution in [0.5, 0.6) is 0 Å². The third-order valence-corrected chi connectivity index (χ3v) is 3.24. The van der Waals surface area contributed by atoms with Crippen molar-refractivity contribution in [3.8, 4) is 0 Å². The summed E-state index contributed by atoms with van der Waals surface area (Å²) in [4.78, 5) is 0. The van der Waals surface area contributed by atoms with Crippen molar-refractivity contribution in [2.75, 3.05) is 5.75 Å². The van der Waals surface area contributed by atoms with E-state index in [1.807, 2.05) is 13.8 Å². The Kier molecular flexibility index (Phi) is 5.82. The lowest BCUT2D eigenvalue weighted by molar-refractivity contribution is 0.845. The van der Waals surface area contributed by atoms with E-state index in [1.165, 1.54) is 0 Å². The predicted molar refractivity (Wildman–Crippen MR) is 56.3 cm³/mol. The van der Waals surface area contributed by atoms with Gasteiger partial charge >= 0.3 is 0 Å². The summed E-state index contributed by atoms with van der Waals surface area (Å²) in [5.74, 6) is 0.911. The minimum absolute atomic E-state index is 0. The second-order valence-corrected chi connectivity index (χ2v) is 4.82. The first kappa shape index (κ1) is 12.2.